The van der Waals surface area contributed by atoms with Gasteiger partial charge in [0.2, 0.25) is 10.0 Å². The highest BCUT2D eigenvalue weighted by Gasteiger charge is 2.33. The average Bonchev–Trinajstić information content (AvgIpc) is 3.23. The summed E-state index contributed by atoms with van der Waals surface area (Å²) in [6, 6.07) is 7.07. The summed E-state index contributed by atoms with van der Waals surface area (Å²) in [5, 5.41) is 6.62. The van der Waals surface area contributed by atoms with E-state index in [4.69, 9.17) is 4.74 Å². The fraction of sp³-hybridized carbons (Fsp3) is 0.467. The van der Waals surface area contributed by atoms with Gasteiger partial charge >= 0.3 is 0 Å². The van der Waals surface area contributed by atoms with Crippen LogP contribution < -0.4 is 4.72 Å². The monoisotopic (exact) mass is 336 g/mol. The number of ether oxygens (including phenoxy) is 1. The first kappa shape index (κ1) is 16.1. The lowest BCUT2D eigenvalue weighted by Crippen LogP contribution is -2.31. The summed E-state index contributed by atoms with van der Waals surface area (Å²) >= 11 is 0. The molecule has 0 radical (unpaired) electrons. The Hall–Kier alpha value is -1.77. The topological polar surface area (TPSA) is 97.0 Å². The van der Waals surface area contributed by atoms with Crippen LogP contribution in [0.25, 0.3) is 0 Å². The van der Waals surface area contributed by atoms with Gasteiger partial charge in [-0.2, -0.15) is 5.10 Å². The molecule has 0 amide bonds. The number of hydrogen-bond acceptors (Lipinski definition) is 5. The molecule has 2 heterocycles. The van der Waals surface area contributed by atoms with Crippen LogP contribution in [0.2, 0.25) is 0 Å². The molecule has 3 rings (SSSR count). The van der Waals surface area contributed by atoms with Crippen LogP contribution in [0.15, 0.2) is 35.5 Å². The first-order chi connectivity index (χ1) is 11.1. The molecule has 0 saturated carbocycles. The average molecular weight is 336 g/mol. The Bertz CT molecular complexity index is 746. The molecule has 1 fully saturated rings. The molecular formula is C15H20N4O3S. The zero-order valence-electron chi connectivity index (χ0n) is 12.9. The minimum absolute atomic E-state index is 0.0338. The Kier molecular flexibility index (Phi) is 4.74. The van der Waals surface area contributed by atoms with Crippen LogP contribution >= 0.6 is 0 Å². The molecule has 1 aromatic heterocycles. The highest BCUT2D eigenvalue weighted by atomic mass is 32.2. The number of sulfonamides is 1. The third kappa shape index (κ3) is 3.44. The molecule has 0 aliphatic carbocycles. The molecule has 1 aromatic carbocycles. The number of H-pyrrole nitrogens is 1. The first-order valence-electron chi connectivity index (χ1n) is 7.66. The Morgan fingerprint density at radius 2 is 2.22 bits per heavy atom. The van der Waals surface area contributed by atoms with Crippen LogP contribution in [0.1, 0.15) is 30.8 Å². The van der Waals surface area contributed by atoms with Gasteiger partial charge in [0.15, 0.2) is 5.82 Å². The molecule has 124 valence electrons. The maximum atomic E-state index is 12.6. The van der Waals surface area contributed by atoms with Crippen LogP contribution in [0.4, 0.5) is 0 Å². The number of hydrogen-bond donors (Lipinski definition) is 2. The smallest absolute Gasteiger partial charge is 0.240 e. The van der Waals surface area contributed by atoms with Gasteiger partial charge in [-0.25, -0.2) is 18.1 Å². The van der Waals surface area contributed by atoms with Gasteiger partial charge < -0.3 is 4.74 Å². The zero-order valence-corrected chi connectivity index (χ0v) is 13.7. The molecule has 0 bridgehead atoms. The second kappa shape index (κ2) is 6.77. The fourth-order valence-corrected chi connectivity index (χ4v) is 4.25. The fourth-order valence-electron chi connectivity index (χ4n) is 2.85. The third-order valence-electron chi connectivity index (χ3n) is 4.10. The van der Waals surface area contributed by atoms with Crippen LogP contribution in [0.3, 0.4) is 0 Å². The van der Waals surface area contributed by atoms with E-state index in [0.29, 0.717) is 30.3 Å². The van der Waals surface area contributed by atoms with E-state index in [9.17, 15) is 8.42 Å². The lowest BCUT2D eigenvalue weighted by atomic mass is 10.0. The van der Waals surface area contributed by atoms with Gasteiger partial charge in [0, 0.05) is 19.1 Å². The Morgan fingerprint density at radius 1 is 1.39 bits per heavy atom. The van der Waals surface area contributed by atoms with Crippen molar-refractivity contribution in [2.45, 2.75) is 30.8 Å². The van der Waals surface area contributed by atoms with Gasteiger partial charge in [-0.05, 0) is 24.5 Å². The second-order valence-electron chi connectivity index (χ2n) is 5.52. The van der Waals surface area contributed by atoms with Crippen molar-refractivity contribution in [2.75, 3.05) is 13.2 Å². The van der Waals surface area contributed by atoms with Crippen molar-refractivity contribution in [3.8, 4) is 0 Å². The molecule has 1 saturated heterocycles. The lowest BCUT2D eigenvalue weighted by Gasteiger charge is -2.17. The molecule has 1 aliphatic rings. The Labute approximate surface area is 135 Å². The normalized spacial score (nSPS) is 21.6. The van der Waals surface area contributed by atoms with Gasteiger partial charge in [0.1, 0.15) is 12.4 Å². The maximum Gasteiger partial charge on any atom is 0.240 e. The molecule has 8 heteroatoms. The third-order valence-corrected chi connectivity index (χ3v) is 5.62. The van der Waals surface area contributed by atoms with E-state index in [-0.39, 0.29) is 12.0 Å². The SMILES string of the molecule is CCc1ccccc1S(=O)(=O)NC[C@@H]1CCO[C@@H]1c1ncn[nH]1. The molecule has 0 unspecified atom stereocenters. The van der Waals surface area contributed by atoms with Gasteiger partial charge in [0.25, 0.3) is 0 Å². The maximum absolute atomic E-state index is 12.6. The lowest BCUT2D eigenvalue weighted by molar-refractivity contribution is 0.0848. The molecule has 2 aromatic rings. The van der Waals surface area contributed by atoms with E-state index >= 15 is 0 Å². The summed E-state index contributed by atoms with van der Waals surface area (Å²) in [6.07, 6.45) is 2.63. The highest BCUT2D eigenvalue weighted by molar-refractivity contribution is 7.89. The number of nitrogens with one attached hydrogen (secondary N) is 2. The summed E-state index contributed by atoms with van der Waals surface area (Å²) in [7, 11) is -3.53. The minimum atomic E-state index is -3.53. The van der Waals surface area contributed by atoms with Crippen molar-refractivity contribution >= 4 is 10.0 Å². The van der Waals surface area contributed by atoms with Crippen molar-refractivity contribution in [2.24, 2.45) is 5.92 Å². The minimum Gasteiger partial charge on any atom is -0.370 e. The number of benzene rings is 1. The first-order valence-corrected chi connectivity index (χ1v) is 9.14. The number of nitrogens with zero attached hydrogens (tertiary/aromatic N) is 2. The predicted molar refractivity (Wildman–Crippen MR) is 84.2 cm³/mol. The van der Waals surface area contributed by atoms with Crippen LogP contribution in [0.5, 0.6) is 0 Å². The molecule has 2 atom stereocenters. The van der Waals surface area contributed by atoms with Gasteiger partial charge in [-0.3, -0.25) is 5.10 Å². The molecule has 23 heavy (non-hydrogen) atoms. The Morgan fingerprint density at radius 3 is 2.96 bits per heavy atom. The largest absolute Gasteiger partial charge is 0.370 e. The van der Waals surface area contributed by atoms with Crippen molar-refractivity contribution in [1.82, 2.24) is 19.9 Å². The van der Waals surface area contributed by atoms with Crippen LogP contribution in [-0.2, 0) is 21.2 Å². The predicted octanol–water partition coefficient (Wildman–Crippen LogP) is 1.42. The van der Waals surface area contributed by atoms with E-state index in [1.165, 1.54) is 6.33 Å². The number of aromatic amines is 1. The summed E-state index contributed by atoms with van der Waals surface area (Å²) in [6.45, 7) is 2.84. The molecular weight excluding hydrogens is 316 g/mol. The van der Waals surface area contributed by atoms with E-state index in [1.807, 2.05) is 19.1 Å². The molecule has 1 aliphatic heterocycles. The second-order valence-corrected chi connectivity index (χ2v) is 7.26. The van der Waals surface area contributed by atoms with E-state index in [1.54, 1.807) is 12.1 Å². The summed E-state index contributed by atoms with van der Waals surface area (Å²) in [4.78, 5) is 4.45. The molecule has 0 spiro atoms. The van der Waals surface area contributed by atoms with Crippen LogP contribution in [-0.4, -0.2) is 36.8 Å². The van der Waals surface area contributed by atoms with Crippen molar-refractivity contribution in [3.63, 3.8) is 0 Å². The Balaban J connectivity index is 1.72. The van der Waals surface area contributed by atoms with Crippen LogP contribution in [0, 0.1) is 5.92 Å². The van der Waals surface area contributed by atoms with E-state index in [0.717, 1.165) is 12.0 Å². The summed E-state index contributed by atoms with van der Waals surface area (Å²) in [5.41, 5.74) is 0.814. The van der Waals surface area contributed by atoms with Gasteiger partial charge in [-0.15, -0.1) is 0 Å². The number of aromatic nitrogens is 3. The summed E-state index contributed by atoms with van der Waals surface area (Å²) in [5.74, 6) is 0.673. The highest BCUT2D eigenvalue weighted by Crippen LogP contribution is 2.32. The van der Waals surface area contributed by atoms with Crippen molar-refractivity contribution < 1.29 is 13.2 Å². The van der Waals surface area contributed by atoms with Gasteiger partial charge in [-0.1, -0.05) is 25.1 Å². The van der Waals surface area contributed by atoms with E-state index in [2.05, 4.69) is 19.9 Å². The number of aryl methyl sites for hydroxylation is 1. The molecule has 7 nitrogen and oxygen atoms in total. The zero-order chi connectivity index (χ0) is 16.3. The van der Waals surface area contributed by atoms with Gasteiger partial charge in [0.05, 0.1) is 4.90 Å². The summed E-state index contributed by atoms with van der Waals surface area (Å²) < 4.78 is 33.5. The number of rotatable bonds is 6. The quantitative estimate of drug-likeness (QED) is 0.831. The standard InChI is InChI=1S/C15H20N4O3S/c1-2-11-5-3-4-6-13(11)23(20,21)18-9-12-7-8-22-14(12)15-16-10-17-19-15/h3-6,10,12,14,18H,2,7-9H2,1H3,(H,16,17,19)/t12-,14-/m0/s1. The molecule has 2 N–H and O–H groups in total. The van der Waals surface area contributed by atoms with E-state index < -0.39 is 10.0 Å². The van der Waals surface area contributed by atoms with Crippen molar-refractivity contribution in [3.05, 3.63) is 42.0 Å². The van der Waals surface area contributed by atoms with Crippen molar-refractivity contribution in [1.29, 1.82) is 0 Å².